The minimum Gasteiger partial charge on any atom is -0.493 e. The Morgan fingerprint density at radius 3 is 2.48 bits per heavy atom. The van der Waals surface area contributed by atoms with E-state index >= 15 is 0 Å². The van der Waals surface area contributed by atoms with Gasteiger partial charge in [0.1, 0.15) is 5.75 Å². The van der Waals surface area contributed by atoms with Crippen LogP contribution in [0.5, 0.6) is 5.75 Å². The Balaban J connectivity index is 1.48. The van der Waals surface area contributed by atoms with Crippen LogP contribution < -0.4 is 4.74 Å². The summed E-state index contributed by atoms with van der Waals surface area (Å²) in [6.07, 6.45) is 9.22. The number of unbranched alkanes of at least 4 members (excludes halogenated alkanes) is 2. The lowest BCUT2D eigenvalue weighted by Gasteiger charge is -2.20. The minimum atomic E-state index is -0.386. The van der Waals surface area contributed by atoms with Gasteiger partial charge in [0.2, 0.25) is 0 Å². The normalized spacial score (nSPS) is 13.7. The van der Waals surface area contributed by atoms with Crippen molar-refractivity contribution in [2.75, 3.05) is 13.2 Å². The van der Waals surface area contributed by atoms with Crippen molar-refractivity contribution in [2.45, 2.75) is 65.7 Å². The number of hydrogen-bond acceptors (Lipinski definition) is 3. The highest BCUT2D eigenvalue weighted by molar-refractivity contribution is 5.83. The largest absolute Gasteiger partial charge is 0.493 e. The molecule has 0 heterocycles. The van der Waals surface area contributed by atoms with E-state index < -0.39 is 0 Å². The maximum atomic E-state index is 12.0. The van der Waals surface area contributed by atoms with Crippen LogP contribution in [0, 0.1) is 5.41 Å². The zero-order valence-corrected chi connectivity index (χ0v) is 19.3. The summed E-state index contributed by atoms with van der Waals surface area (Å²) in [6, 6.07) is 17.0. The average molecular weight is 421 g/mol. The molecule has 0 spiro atoms. The third-order valence-corrected chi connectivity index (χ3v) is 6.23. The van der Waals surface area contributed by atoms with Gasteiger partial charge in [-0.3, -0.25) is 4.79 Å². The van der Waals surface area contributed by atoms with E-state index in [2.05, 4.69) is 54.6 Å². The van der Waals surface area contributed by atoms with Gasteiger partial charge in [-0.25, -0.2) is 0 Å². The zero-order valence-electron chi connectivity index (χ0n) is 19.3. The van der Waals surface area contributed by atoms with Crippen LogP contribution in [0.15, 0.2) is 48.5 Å². The van der Waals surface area contributed by atoms with Crippen LogP contribution in [0.3, 0.4) is 0 Å². The second-order valence-corrected chi connectivity index (χ2v) is 9.00. The second-order valence-electron chi connectivity index (χ2n) is 9.00. The summed E-state index contributed by atoms with van der Waals surface area (Å²) in [5.41, 5.74) is 4.92. The van der Waals surface area contributed by atoms with Gasteiger partial charge in [0.15, 0.2) is 0 Å². The van der Waals surface area contributed by atoms with Crippen LogP contribution in [0.2, 0.25) is 0 Å². The van der Waals surface area contributed by atoms with E-state index in [1.807, 2.05) is 20.8 Å². The molecule has 2 aromatic rings. The van der Waals surface area contributed by atoms with E-state index in [0.29, 0.717) is 13.2 Å². The fourth-order valence-corrected chi connectivity index (χ4v) is 3.78. The Morgan fingerprint density at radius 1 is 0.935 bits per heavy atom. The summed E-state index contributed by atoms with van der Waals surface area (Å²) in [5.74, 6) is 0.917. The number of esters is 1. The van der Waals surface area contributed by atoms with Crippen molar-refractivity contribution in [3.05, 3.63) is 65.2 Å². The van der Waals surface area contributed by atoms with E-state index in [1.54, 1.807) is 0 Å². The van der Waals surface area contributed by atoms with Crippen LogP contribution in [0.25, 0.3) is 11.6 Å². The van der Waals surface area contributed by atoms with Gasteiger partial charge in [-0.1, -0.05) is 55.5 Å². The molecule has 1 aliphatic rings. The maximum absolute atomic E-state index is 12.0. The van der Waals surface area contributed by atoms with E-state index in [0.717, 1.165) is 50.7 Å². The van der Waals surface area contributed by atoms with Crippen molar-refractivity contribution in [2.24, 2.45) is 5.41 Å². The highest BCUT2D eigenvalue weighted by Gasteiger charge is 2.26. The molecule has 0 saturated carbocycles. The molecule has 0 N–H and O–H groups in total. The van der Waals surface area contributed by atoms with Crippen molar-refractivity contribution in [1.82, 2.24) is 0 Å². The van der Waals surface area contributed by atoms with Crippen molar-refractivity contribution in [1.29, 1.82) is 0 Å². The van der Waals surface area contributed by atoms with Crippen LogP contribution >= 0.6 is 0 Å². The standard InChI is InChI=1S/C28H36O3/c1-4-28(2,3)27(29)31-20-10-6-9-19-30-26-18-12-16-24-21-23(15-11-17-25(24)26)22-13-7-5-8-14-22/h5,7-8,12-14,16,18,21H,4,6,9-11,15,17,19-20H2,1-3H3. The first-order valence-electron chi connectivity index (χ1n) is 11.7. The molecule has 0 unspecified atom stereocenters. The molecule has 2 aromatic carbocycles. The van der Waals surface area contributed by atoms with Crippen molar-refractivity contribution < 1.29 is 14.3 Å². The van der Waals surface area contributed by atoms with Crippen molar-refractivity contribution in [3.8, 4) is 5.75 Å². The molecule has 0 aliphatic heterocycles. The number of hydrogen-bond donors (Lipinski definition) is 0. The molecule has 0 atom stereocenters. The fraction of sp³-hybridized carbons (Fsp3) is 0.464. The van der Waals surface area contributed by atoms with E-state index in [-0.39, 0.29) is 11.4 Å². The summed E-state index contributed by atoms with van der Waals surface area (Å²) in [7, 11) is 0. The van der Waals surface area contributed by atoms with Gasteiger partial charge in [-0.15, -0.1) is 0 Å². The summed E-state index contributed by atoms with van der Waals surface area (Å²) >= 11 is 0. The molecular formula is C28H36O3. The third kappa shape index (κ3) is 6.46. The Morgan fingerprint density at radius 2 is 1.71 bits per heavy atom. The van der Waals surface area contributed by atoms with E-state index in [9.17, 15) is 4.79 Å². The molecule has 3 heteroatoms. The molecule has 0 saturated heterocycles. The Kier molecular flexibility index (Phi) is 8.34. The molecule has 166 valence electrons. The van der Waals surface area contributed by atoms with Gasteiger partial charge in [0, 0.05) is 5.56 Å². The Hall–Kier alpha value is -2.55. The topological polar surface area (TPSA) is 35.5 Å². The predicted octanol–water partition coefficient (Wildman–Crippen LogP) is 7.09. The second kappa shape index (κ2) is 11.2. The van der Waals surface area contributed by atoms with Crippen LogP contribution in [0.4, 0.5) is 0 Å². The molecule has 0 aromatic heterocycles. The van der Waals surface area contributed by atoms with Gasteiger partial charge in [0.05, 0.1) is 18.6 Å². The quantitative estimate of drug-likeness (QED) is 0.304. The summed E-state index contributed by atoms with van der Waals surface area (Å²) in [5, 5.41) is 0. The van der Waals surface area contributed by atoms with Crippen molar-refractivity contribution >= 4 is 17.6 Å². The molecular weight excluding hydrogens is 384 g/mol. The predicted molar refractivity (Wildman–Crippen MR) is 128 cm³/mol. The highest BCUT2D eigenvalue weighted by Crippen LogP contribution is 2.33. The SMILES string of the molecule is CCC(C)(C)C(=O)OCCCCCOc1cccc2c1CCCC(c1ccccc1)=C2. The third-order valence-electron chi connectivity index (χ3n) is 6.23. The number of rotatable bonds is 10. The van der Waals surface area contributed by atoms with Crippen LogP contribution in [-0.2, 0) is 16.0 Å². The highest BCUT2D eigenvalue weighted by atomic mass is 16.5. The number of benzene rings is 2. The zero-order chi connectivity index (χ0) is 22.1. The van der Waals surface area contributed by atoms with Crippen LogP contribution in [0.1, 0.15) is 76.0 Å². The lowest BCUT2D eigenvalue weighted by Crippen LogP contribution is -2.26. The summed E-state index contributed by atoms with van der Waals surface area (Å²) in [6.45, 7) is 7.07. The monoisotopic (exact) mass is 420 g/mol. The van der Waals surface area contributed by atoms with Gasteiger partial charge < -0.3 is 9.47 Å². The van der Waals surface area contributed by atoms with E-state index in [4.69, 9.17) is 9.47 Å². The average Bonchev–Trinajstić information content (AvgIpc) is 3.02. The number of allylic oxidation sites excluding steroid dienone is 1. The molecule has 0 fully saturated rings. The van der Waals surface area contributed by atoms with Crippen LogP contribution in [-0.4, -0.2) is 19.2 Å². The Labute approximate surface area is 187 Å². The first-order valence-corrected chi connectivity index (χ1v) is 11.7. The van der Waals surface area contributed by atoms with E-state index in [1.165, 1.54) is 22.3 Å². The first-order chi connectivity index (χ1) is 15.0. The fourth-order valence-electron chi connectivity index (χ4n) is 3.78. The molecule has 0 radical (unpaired) electrons. The van der Waals surface area contributed by atoms with Crippen molar-refractivity contribution in [3.63, 3.8) is 0 Å². The lowest BCUT2D eigenvalue weighted by molar-refractivity contribution is -0.154. The lowest BCUT2D eigenvalue weighted by atomic mass is 9.91. The molecule has 0 bridgehead atoms. The number of ether oxygens (including phenoxy) is 2. The number of fused-ring (bicyclic) bond motifs is 1. The Bertz CT molecular complexity index is 880. The van der Waals surface area contributed by atoms with Gasteiger partial charge in [0.25, 0.3) is 0 Å². The van der Waals surface area contributed by atoms with Gasteiger partial charge in [-0.2, -0.15) is 0 Å². The number of carbonyl (C=O) groups is 1. The summed E-state index contributed by atoms with van der Waals surface area (Å²) < 4.78 is 11.6. The first kappa shape index (κ1) is 23.1. The molecule has 0 amide bonds. The maximum Gasteiger partial charge on any atom is 0.311 e. The molecule has 31 heavy (non-hydrogen) atoms. The molecule has 1 aliphatic carbocycles. The van der Waals surface area contributed by atoms with Gasteiger partial charge >= 0.3 is 5.97 Å². The van der Waals surface area contributed by atoms with Gasteiger partial charge in [-0.05, 0) is 81.6 Å². The molecule has 3 nitrogen and oxygen atoms in total. The molecule has 3 rings (SSSR count). The number of carbonyl (C=O) groups excluding carboxylic acids is 1. The minimum absolute atomic E-state index is 0.0962. The smallest absolute Gasteiger partial charge is 0.311 e. The summed E-state index contributed by atoms with van der Waals surface area (Å²) in [4.78, 5) is 12.0.